The van der Waals surface area contributed by atoms with Crippen LogP contribution in [0.2, 0.25) is 0 Å². The van der Waals surface area contributed by atoms with Crippen molar-refractivity contribution in [2.75, 3.05) is 11.2 Å². The fourth-order valence-electron chi connectivity index (χ4n) is 1.54. The van der Waals surface area contributed by atoms with Crippen molar-refractivity contribution in [1.29, 1.82) is 0 Å². The van der Waals surface area contributed by atoms with Crippen molar-refractivity contribution >= 4 is 23.4 Å². The first kappa shape index (κ1) is 16.0. The maximum Gasteiger partial charge on any atom is 0.294 e. The number of carbonyl (C=O) groups excluding carboxylic acids is 1. The molecule has 0 aliphatic heterocycles. The average Bonchev–Trinajstić information content (AvgIpc) is 2.50. The van der Waals surface area contributed by atoms with Gasteiger partial charge in [0, 0.05) is 5.69 Å². The summed E-state index contributed by atoms with van der Waals surface area (Å²) in [6, 6.07) is 5.40. The molecule has 0 aliphatic carbocycles. The molecule has 1 atom stereocenters. The Morgan fingerprint density at radius 1 is 1.36 bits per heavy atom. The molecule has 0 saturated carbocycles. The van der Waals surface area contributed by atoms with Crippen LogP contribution in [0.25, 0.3) is 0 Å². The van der Waals surface area contributed by atoms with Crippen LogP contribution < -0.4 is 16.7 Å². The van der Waals surface area contributed by atoms with Crippen LogP contribution in [-0.4, -0.2) is 26.0 Å². The van der Waals surface area contributed by atoms with E-state index in [9.17, 15) is 14.0 Å². The summed E-state index contributed by atoms with van der Waals surface area (Å²) in [5.41, 5.74) is 0.179. The molecule has 0 fully saturated rings. The molecule has 1 aromatic heterocycles. The number of thioether (sulfide) groups is 1. The lowest BCUT2D eigenvalue weighted by Gasteiger charge is -2.12. The summed E-state index contributed by atoms with van der Waals surface area (Å²) in [7, 11) is 0. The van der Waals surface area contributed by atoms with Crippen LogP contribution >= 0.6 is 11.8 Å². The van der Waals surface area contributed by atoms with Gasteiger partial charge in [0.25, 0.3) is 5.56 Å². The van der Waals surface area contributed by atoms with E-state index in [4.69, 9.17) is 5.84 Å². The summed E-state index contributed by atoms with van der Waals surface area (Å²) < 4.78 is 13.7. The molecule has 0 spiro atoms. The van der Waals surface area contributed by atoms with Gasteiger partial charge in [-0.3, -0.25) is 9.59 Å². The summed E-state index contributed by atoms with van der Waals surface area (Å²) in [5.74, 6) is 4.89. The first-order chi connectivity index (χ1) is 10.4. The predicted molar refractivity (Wildman–Crippen MR) is 81.5 cm³/mol. The maximum atomic E-state index is 12.8. The van der Waals surface area contributed by atoms with Crippen molar-refractivity contribution in [2.45, 2.75) is 24.3 Å². The first-order valence-corrected chi connectivity index (χ1v) is 7.21. The van der Waals surface area contributed by atoms with Crippen LogP contribution in [0.1, 0.15) is 12.6 Å². The lowest BCUT2D eigenvalue weighted by Crippen LogP contribution is -2.33. The van der Waals surface area contributed by atoms with E-state index in [-0.39, 0.29) is 22.6 Å². The number of aromatic nitrogens is 3. The second kappa shape index (κ2) is 6.56. The lowest BCUT2D eigenvalue weighted by molar-refractivity contribution is -0.115. The zero-order valence-corrected chi connectivity index (χ0v) is 12.7. The Bertz CT molecular complexity index is 747. The second-order valence-corrected chi connectivity index (χ2v) is 5.81. The normalized spacial score (nSPS) is 12.0. The van der Waals surface area contributed by atoms with Gasteiger partial charge in [-0.15, -0.1) is 10.2 Å². The molecule has 9 heteroatoms. The monoisotopic (exact) mass is 323 g/mol. The van der Waals surface area contributed by atoms with E-state index in [1.807, 2.05) is 0 Å². The topological polar surface area (TPSA) is 103 Å². The number of rotatable bonds is 4. The van der Waals surface area contributed by atoms with Gasteiger partial charge in [-0.25, -0.2) is 4.39 Å². The van der Waals surface area contributed by atoms with Crippen molar-refractivity contribution < 1.29 is 9.18 Å². The fourth-order valence-corrected chi connectivity index (χ4v) is 2.31. The van der Waals surface area contributed by atoms with Gasteiger partial charge in [0.1, 0.15) is 11.5 Å². The molecule has 0 bridgehead atoms. The van der Waals surface area contributed by atoms with Crippen molar-refractivity contribution in [1.82, 2.24) is 14.9 Å². The quantitative estimate of drug-likeness (QED) is 0.640. The summed E-state index contributed by atoms with van der Waals surface area (Å²) in [4.78, 5) is 23.7. The van der Waals surface area contributed by atoms with E-state index in [0.717, 1.165) is 16.4 Å². The Labute approximate surface area is 129 Å². The van der Waals surface area contributed by atoms with E-state index in [1.54, 1.807) is 6.92 Å². The number of nitrogen functional groups attached to an aromatic ring is 1. The Morgan fingerprint density at radius 3 is 2.64 bits per heavy atom. The predicted octanol–water partition coefficient (Wildman–Crippen LogP) is 0.919. The minimum absolute atomic E-state index is 0.136. The molecule has 0 unspecified atom stereocenters. The van der Waals surface area contributed by atoms with Crippen LogP contribution in [0, 0.1) is 12.7 Å². The van der Waals surface area contributed by atoms with E-state index in [1.165, 1.54) is 31.2 Å². The highest BCUT2D eigenvalue weighted by Gasteiger charge is 2.18. The zero-order valence-electron chi connectivity index (χ0n) is 11.9. The van der Waals surface area contributed by atoms with E-state index >= 15 is 0 Å². The number of halogens is 1. The molecule has 0 aliphatic rings. The summed E-state index contributed by atoms with van der Waals surface area (Å²) in [6.07, 6.45) is 0. The van der Waals surface area contributed by atoms with Crippen molar-refractivity contribution in [3.63, 3.8) is 0 Å². The number of nitrogens with two attached hydrogens (primary N) is 1. The first-order valence-electron chi connectivity index (χ1n) is 6.33. The Hall–Kier alpha value is -2.42. The molecule has 22 heavy (non-hydrogen) atoms. The van der Waals surface area contributed by atoms with E-state index in [2.05, 4.69) is 15.5 Å². The molecule has 1 aromatic carbocycles. The van der Waals surface area contributed by atoms with Gasteiger partial charge in [0.2, 0.25) is 11.1 Å². The number of benzene rings is 1. The molecule has 7 nitrogen and oxygen atoms in total. The highest BCUT2D eigenvalue weighted by Crippen LogP contribution is 2.20. The molecule has 116 valence electrons. The fraction of sp³-hybridized carbons (Fsp3) is 0.231. The standard InChI is InChI=1S/C13H14FN5O2S/c1-7-12(21)19(15)13(18-17-7)22-8(2)11(20)16-10-5-3-9(14)4-6-10/h3-6,8H,15H2,1-2H3,(H,16,20)/t8-/m1/s1. The number of aryl methyl sites for hydroxylation is 1. The van der Waals surface area contributed by atoms with Crippen molar-refractivity contribution in [2.24, 2.45) is 0 Å². The Kier molecular flexibility index (Phi) is 4.76. The van der Waals surface area contributed by atoms with Gasteiger partial charge >= 0.3 is 0 Å². The van der Waals surface area contributed by atoms with Gasteiger partial charge in [0.15, 0.2) is 0 Å². The van der Waals surface area contributed by atoms with Crippen LogP contribution in [-0.2, 0) is 4.79 Å². The number of anilines is 1. The third kappa shape index (κ3) is 3.61. The minimum Gasteiger partial charge on any atom is -0.334 e. The molecular formula is C13H14FN5O2S. The molecule has 2 rings (SSSR count). The second-order valence-electron chi connectivity index (χ2n) is 4.50. The number of hydrogen-bond acceptors (Lipinski definition) is 6. The van der Waals surface area contributed by atoms with Gasteiger partial charge in [-0.2, -0.15) is 4.68 Å². The molecule has 1 amide bonds. The number of hydrogen-bond donors (Lipinski definition) is 2. The zero-order chi connectivity index (χ0) is 16.3. The average molecular weight is 323 g/mol. The number of carbonyl (C=O) groups is 1. The summed E-state index contributed by atoms with van der Waals surface area (Å²) in [5, 5.41) is 9.68. The van der Waals surface area contributed by atoms with Gasteiger partial charge < -0.3 is 11.2 Å². The van der Waals surface area contributed by atoms with Crippen LogP contribution in [0.15, 0.2) is 34.2 Å². The number of nitrogens with one attached hydrogen (secondary N) is 1. The molecule has 0 radical (unpaired) electrons. The van der Waals surface area contributed by atoms with E-state index < -0.39 is 10.8 Å². The molecule has 3 N–H and O–H groups in total. The highest BCUT2D eigenvalue weighted by atomic mass is 32.2. The Balaban J connectivity index is 2.07. The Morgan fingerprint density at radius 2 is 2.00 bits per heavy atom. The van der Waals surface area contributed by atoms with Crippen LogP contribution in [0.4, 0.5) is 10.1 Å². The number of nitrogens with zero attached hydrogens (tertiary/aromatic N) is 3. The van der Waals surface area contributed by atoms with Gasteiger partial charge in [0.05, 0.1) is 5.25 Å². The molecule has 0 saturated heterocycles. The van der Waals surface area contributed by atoms with Crippen LogP contribution in [0.5, 0.6) is 0 Å². The maximum absolute atomic E-state index is 12.8. The SMILES string of the molecule is Cc1nnc(S[C@H](C)C(=O)Nc2ccc(F)cc2)n(N)c1=O. The minimum atomic E-state index is -0.573. The third-order valence-corrected chi connectivity index (χ3v) is 3.84. The van der Waals surface area contributed by atoms with Gasteiger partial charge in [-0.05, 0) is 38.1 Å². The highest BCUT2D eigenvalue weighted by molar-refractivity contribution is 8.00. The van der Waals surface area contributed by atoms with Crippen molar-refractivity contribution in [3.8, 4) is 0 Å². The third-order valence-electron chi connectivity index (χ3n) is 2.78. The smallest absolute Gasteiger partial charge is 0.294 e. The summed E-state index contributed by atoms with van der Waals surface area (Å²) in [6.45, 7) is 3.13. The van der Waals surface area contributed by atoms with Gasteiger partial charge in [-0.1, -0.05) is 11.8 Å². The van der Waals surface area contributed by atoms with E-state index in [0.29, 0.717) is 5.69 Å². The molecular weight excluding hydrogens is 309 g/mol. The molecule has 2 aromatic rings. The largest absolute Gasteiger partial charge is 0.334 e. The van der Waals surface area contributed by atoms with Crippen molar-refractivity contribution in [3.05, 3.63) is 46.1 Å². The summed E-state index contributed by atoms with van der Waals surface area (Å²) >= 11 is 1.00. The number of amides is 1. The lowest BCUT2D eigenvalue weighted by atomic mass is 10.3. The van der Waals surface area contributed by atoms with Crippen LogP contribution in [0.3, 0.4) is 0 Å². The molecule has 1 heterocycles.